The van der Waals surface area contributed by atoms with Crippen LogP contribution >= 0.6 is 34.8 Å². The maximum Gasteiger partial charge on any atom is 0.233 e. The molecule has 0 radical (unpaired) electrons. The van der Waals surface area contributed by atoms with Crippen molar-refractivity contribution in [3.8, 4) is 0 Å². The molecule has 2 amide bonds. The van der Waals surface area contributed by atoms with Crippen molar-refractivity contribution in [2.45, 2.75) is 24.6 Å². The van der Waals surface area contributed by atoms with Gasteiger partial charge in [-0.05, 0) is 25.0 Å². The molecule has 1 N–H and O–H groups in total. The number of rotatable bonds is 3. The van der Waals surface area contributed by atoms with Crippen LogP contribution in [0.1, 0.15) is 19.3 Å². The second-order valence-electron chi connectivity index (χ2n) is 4.75. The van der Waals surface area contributed by atoms with Gasteiger partial charge in [0.1, 0.15) is 11.6 Å². The van der Waals surface area contributed by atoms with E-state index in [0.717, 1.165) is 12.8 Å². The first-order valence-electron chi connectivity index (χ1n) is 6.49. The minimum atomic E-state index is -0.431. The maximum atomic E-state index is 12.0. The summed E-state index contributed by atoms with van der Waals surface area (Å²) in [6.45, 7) is 1.17. The monoisotopic (exact) mass is 349 g/mol. The fourth-order valence-corrected chi connectivity index (χ4v) is 2.63. The van der Waals surface area contributed by atoms with Crippen LogP contribution in [0.4, 0.5) is 5.69 Å². The number of likely N-dealkylation sites (tertiary alicyclic amines) is 1. The number of nitrogens with one attached hydrogen (secondary N) is 1. The van der Waals surface area contributed by atoms with Crippen LogP contribution in [0.25, 0.3) is 0 Å². The predicted molar refractivity (Wildman–Crippen MR) is 83.0 cm³/mol. The Morgan fingerprint density at radius 1 is 1.29 bits per heavy atom. The van der Waals surface area contributed by atoms with Crippen molar-refractivity contribution in [3.63, 3.8) is 0 Å². The zero-order valence-electron chi connectivity index (χ0n) is 11.1. The van der Waals surface area contributed by atoms with Crippen molar-refractivity contribution in [2.24, 2.45) is 0 Å². The number of halogens is 3. The first kappa shape index (κ1) is 16.3. The van der Waals surface area contributed by atoms with Gasteiger partial charge in [-0.3, -0.25) is 9.59 Å². The predicted octanol–water partition coefficient (Wildman–Crippen LogP) is 2.95. The smallest absolute Gasteiger partial charge is 0.233 e. The zero-order valence-corrected chi connectivity index (χ0v) is 13.4. The number of carbonyl (C=O) groups is 2. The molecule has 0 aromatic carbocycles. The van der Waals surface area contributed by atoms with E-state index in [0.29, 0.717) is 18.8 Å². The standard InChI is InChI=1S/C13H14Cl3N3O2/c14-8-3-5-19(6-4-8)12(21)7-11(20)17-9-1-2-10(15)18-13(9)16/h1-2,8H,3-7H2,(H,17,20). The summed E-state index contributed by atoms with van der Waals surface area (Å²) in [5, 5.41) is 2.99. The molecule has 2 heterocycles. The molecule has 1 fully saturated rings. The summed E-state index contributed by atoms with van der Waals surface area (Å²) in [7, 11) is 0. The van der Waals surface area contributed by atoms with Crippen molar-refractivity contribution < 1.29 is 9.59 Å². The van der Waals surface area contributed by atoms with Gasteiger partial charge in [-0.25, -0.2) is 4.98 Å². The number of amides is 2. The highest BCUT2D eigenvalue weighted by molar-refractivity contribution is 6.34. The molecule has 21 heavy (non-hydrogen) atoms. The van der Waals surface area contributed by atoms with Crippen LogP contribution in [0.15, 0.2) is 12.1 Å². The van der Waals surface area contributed by atoms with E-state index in [1.165, 1.54) is 6.07 Å². The van der Waals surface area contributed by atoms with Crippen molar-refractivity contribution in [1.29, 1.82) is 0 Å². The molecule has 114 valence electrons. The highest BCUT2D eigenvalue weighted by Gasteiger charge is 2.23. The Kier molecular flexibility index (Phi) is 5.67. The lowest BCUT2D eigenvalue weighted by molar-refractivity contribution is -0.135. The number of carbonyl (C=O) groups excluding carboxylic acids is 2. The second kappa shape index (κ2) is 7.29. The van der Waals surface area contributed by atoms with Gasteiger partial charge in [-0.1, -0.05) is 23.2 Å². The molecule has 1 aromatic heterocycles. The van der Waals surface area contributed by atoms with Gasteiger partial charge in [0.2, 0.25) is 11.8 Å². The highest BCUT2D eigenvalue weighted by Crippen LogP contribution is 2.22. The van der Waals surface area contributed by atoms with Crippen LogP contribution < -0.4 is 5.32 Å². The second-order valence-corrected chi connectivity index (χ2v) is 6.12. The number of pyridine rings is 1. The largest absolute Gasteiger partial charge is 0.342 e. The molecule has 0 spiro atoms. The molecule has 0 atom stereocenters. The number of nitrogens with zero attached hydrogens (tertiary/aromatic N) is 2. The number of anilines is 1. The molecule has 8 heteroatoms. The van der Waals surface area contributed by atoms with Crippen molar-refractivity contribution in [1.82, 2.24) is 9.88 Å². The van der Waals surface area contributed by atoms with E-state index >= 15 is 0 Å². The molecule has 5 nitrogen and oxygen atoms in total. The average Bonchev–Trinajstić information content (AvgIpc) is 2.42. The summed E-state index contributed by atoms with van der Waals surface area (Å²) in [5.41, 5.74) is 0.332. The molecule has 0 unspecified atom stereocenters. The fraction of sp³-hybridized carbons (Fsp3) is 0.462. The fourth-order valence-electron chi connectivity index (χ4n) is 2.05. The Balaban J connectivity index is 1.88. The normalized spacial score (nSPS) is 15.9. The van der Waals surface area contributed by atoms with Gasteiger partial charge in [0.25, 0.3) is 0 Å². The summed E-state index contributed by atoms with van der Waals surface area (Å²) < 4.78 is 0. The highest BCUT2D eigenvalue weighted by atomic mass is 35.5. The number of hydrogen-bond donors (Lipinski definition) is 1. The molecule has 0 bridgehead atoms. The lowest BCUT2D eigenvalue weighted by Gasteiger charge is -2.29. The number of aromatic nitrogens is 1. The van der Waals surface area contributed by atoms with E-state index in [1.54, 1.807) is 11.0 Å². The van der Waals surface area contributed by atoms with E-state index in [1.807, 2.05) is 0 Å². The Bertz CT molecular complexity index is 545. The van der Waals surface area contributed by atoms with Gasteiger partial charge in [0, 0.05) is 18.5 Å². The summed E-state index contributed by atoms with van der Waals surface area (Å²) in [4.78, 5) is 29.3. The van der Waals surface area contributed by atoms with E-state index < -0.39 is 5.91 Å². The van der Waals surface area contributed by atoms with Crippen LogP contribution in [0.5, 0.6) is 0 Å². The topological polar surface area (TPSA) is 62.3 Å². The Hall–Kier alpha value is -1.04. The van der Waals surface area contributed by atoms with E-state index in [4.69, 9.17) is 34.8 Å². The van der Waals surface area contributed by atoms with Gasteiger partial charge < -0.3 is 10.2 Å². The molecule has 0 aliphatic carbocycles. The zero-order chi connectivity index (χ0) is 15.4. The minimum absolute atomic E-state index is 0.0891. The summed E-state index contributed by atoms with van der Waals surface area (Å²) in [6, 6.07) is 3.05. The Morgan fingerprint density at radius 3 is 2.57 bits per heavy atom. The van der Waals surface area contributed by atoms with Gasteiger partial charge in [0.15, 0.2) is 5.15 Å². The molecule has 1 aromatic rings. The average molecular weight is 351 g/mol. The van der Waals surface area contributed by atoms with Gasteiger partial charge in [0.05, 0.1) is 5.69 Å². The van der Waals surface area contributed by atoms with Crippen LogP contribution in [0.3, 0.4) is 0 Å². The van der Waals surface area contributed by atoms with Gasteiger partial charge in [-0.15, -0.1) is 11.6 Å². The molecule has 1 aliphatic heterocycles. The SMILES string of the molecule is O=C(CC(=O)N1CCC(Cl)CC1)Nc1ccc(Cl)nc1Cl. The molecule has 1 aliphatic rings. The first-order chi connectivity index (χ1) is 9.95. The molecule has 0 saturated carbocycles. The van der Waals surface area contributed by atoms with Gasteiger partial charge in [-0.2, -0.15) is 0 Å². The number of piperidine rings is 1. The van der Waals surface area contributed by atoms with Crippen molar-refractivity contribution in [3.05, 3.63) is 22.4 Å². The van der Waals surface area contributed by atoms with Crippen LogP contribution in [-0.4, -0.2) is 40.2 Å². The number of alkyl halides is 1. The quantitative estimate of drug-likeness (QED) is 0.518. The third-order valence-electron chi connectivity index (χ3n) is 3.18. The van der Waals surface area contributed by atoms with E-state index in [-0.39, 0.29) is 28.0 Å². The van der Waals surface area contributed by atoms with Crippen LogP contribution in [0.2, 0.25) is 10.3 Å². The van der Waals surface area contributed by atoms with Crippen LogP contribution in [0, 0.1) is 0 Å². The third kappa shape index (κ3) is 4.73. The summed E-state index contributed by atoms with van der Waals surface area (Å²) >= 11 is 17.5. The lowest BCUT2D eigenvalue weighted by Crippen LogP contribution is -2.40. The van der Waals surface area contributed by atoms with E-state index in [9.17, 15) is 9.59 Å². The van der Waals surface area contributed by atoms with Crippen molar-refractivity contribution >= 4 is 52.3 Å². The summed E-state index contributed by atoms with van der Waals surface area (Å²) in [5.74, 6) is -0.645. The molecular weight excluding hydrogens is 337 g/mol. The van der Waals surface area contributed by atoms with Crippen LogP contribution in [-0.2, 0) is 9.59 Å². The molecule has 1 saturated heterocycles. The minimum Gasteiger partial charge on any atom is -0.342 e. The summed E-state index contributed by atoms with van der Waals surface area (Å²) in [6.07, 6.45) is 1.27. The Labute approximate surface area is 137 Å². The lowest BCUT2D eigenvalue weighted by atomic mass is 10.1. The third-order valence-corrected chi connectivity index (χ3v) is 4.11. The van der Waals surface area contributed by atoms with Gasteiger partial charge >= 0.3 is 0 Å². The van der Waals surface area contributed by atoms with Crippen molar-refractivity contribution in [2.75, 3.05) is 18.4 Å². The Morgan fingerprint density at radius 2 is 1.95 bits per heavy atom. The molecule has 2 rings (SSSR count). The maximum absolute atomic E-state index is 12.0. The number of hydrogen-bond acceptors (Lipinski definition) is 3. The molecular formula is C13H14Cl3N3O2. The first-order valence-corrected chi connectivity index (χ1v) is 7.68. The van der Waals surface area contributed by atoms with E-state index in [2.05, 4.69) is 10.3 Å².